The number of benzene rings is 3. The number of carbonyl (C=O) groups excluding carboxylic acids is 1. The summed E-state index contributed by atoms with van der Waals surface area (Å²) in [5, 5.41) is 0.0389. The Morgan fingerprint density at radius 1 is 0.833 bits per heavy atom. The minimum atomic E-state index is -4.79. The van der Waals surface area contributed by atoms with Crippen molar-refractivity contribution in [2.45, 2.75) is 45.3 Å². The summed E-state index contributed by atoms with van der Waals surface area (Å²) in [4.78, 5) is 14.7. The Morgan fingerprint density at radius 2 is 1.42 bits per heavy atom. The third kappa shape index (κ3) is 7.15. The quantitative estimate of drug-likeness (QED) is 0.276. The zero-order valence-corrected chi connectivity index (χ0v) is 22.1. The van der Waals surface area contributed by atoms with Crippen molar-refractivity contribution in [3.05, 3.63) is 103 Å². The summed E-state index contributed by atoms with van der Waals surface area (Å²) in [6, 6.07) is 13.4. The number of amides is 1. The van der Waals surface area contributed by atoms with E-state index in [0.29, 0.717) is 28.6 Å². The first-order valence-electron chi connectivity index (χ1n) is 11.0. The van der Waals surface area contributed by atoms with Gasteiger partial charge in [0.1, 0.15) is 0 Å². The molecule has 0 N–H and O–H groups in total. The SMILES string of the molecule is CC(C)(C)c1ccc(CN(CCc2cc(Cl)cc(Cl)c2)C(=O)c2cc(C(F)(F)F)cc(Cl)c2F)cc1. The van der Waals surface area contributed by atoms with Crippen molar-refractivity contribution in [3.63, 3.8) is 0 Å². The van der Waals surface area contributed by atoms with E-state index in [9.17, 15) is 22.4 Å². The van der Waals surface area contributed by atoms with Crippen LogP contribution in [-0.4, -0.2) is 17.4 Å². The molecule has 0 bridgehead atoms. The van der Waals surface area contributed by atoms with E-state index in [2.05, 4.69) is 20.8 Å². The van der Waals surface area contributed by atoms with Crippen LogP contribution in [0.2, 0.25) is 15.1 Å². The summed E-state index contributed by atoms with van der Waals surface area (Å²) in [5.74, 6) is -2.11. The number of hydrogen-bond donors (Lipinski definition) is 0. The average Bonchev–Trinajstić information content (AvgIpc) is 2.76. The van der Waals surface area contributed by atoms with Crippen LogP contribution in [0.1, 0.15) is 53.4 Å². The molecule has 3 aromatic carbocycles. The van der Waals surface area contributed by atoms with Crippen molar-refractivity contribution in [3.8, 4) is 0 Å². The van der Waals surface area contributed by atoms with Gasteiger partial charge in [-0.3, -0.25) is 4.79 Å². The van der Waals surface area contributed by atoms with E-state index >= 15 is 0 Å². The molecule has 0 radical (unpaired) electrons. The van der Waals surface area contributed by atoms with Crippen LogP contribution in [0.5, 0.6) is 0 Å². The first-order valence-corrected chi connectivity index (χ1v) is 12.2. The molecule has 36 heavy (non-hydrogen) atoms. The summed E-state index contributed by atoms with van der Waals surface area (Å²) in [6.07, 6.45) is -4.50. The standard InChI is InChI=1S/C27H24Cl3F4NO/c1-26(2,3)18-6-4-16(5-7-18)15-35(9-8-17-10-20(28)14-21(29)11-17)25(36)22-12-19(27(32,33)34)13-23(30)24(22)31/h4-7,10-14H,8-9,15H2,1-3H3. The monoisotopic (exact) mass is 559 g/mol. The van der Waals surface area contributed by atoms with Crippen LogP contribution < -0.4 is 0 Å². The molecule has 2 nitrogen and oxygen atoms in total. The van der Waals surface area contributed by atoms with Gasteiger partial charge in [0.05, 0.1) is 16.1 Å². The fraction of sp³-hybridized carbons (Fsp3) is 0.296. The topological polar surface area (TPSA) is 20.3 Å². The van der Waals surface area contributed by atoms with Gasteiger partial charge >= 0.3 is 6.18 Å². The predicted molar refractivity (Wildman–Crippen MR) is 136 cm³/mol. The van der Waals surface area contributed by atoms with Crippen LogP contribution in [0, 0.1) is 5.82 Å². The van der Waals surface area contributed by atoms with E-state index in [0.717, 1.165) is 16.7 Å². The molecule has 192 valence electrons. The maximum atomic E-state index is 14.8. The molecule has 0 fully saturated rings. The molecule has 0 aromatic heterocycles. The van der Waals surface area contributed by atoms with Crippen LogP contribution in [0.25, 0.3) is 0 Å². The van der Waals surface area contributed by atoms with E-state index in [1.165, 1.54) is 4.90 Å². The highest BCUT2D eigenvalue weighted by atomic mass is 35.5. The highest BCUT2D eigenvalue weighted by Crippen LogP contribution is 2.34. The zero-order valence-electron chi connectivity index (χ0n) is 19.8. The third-order valence-corrected chi connectivity index (χ3v) is 6.37. The fourth-order valence-corrected chi connectivity index (χ4v) is 4.47. The lowest BCUT2D eigenvalue weighted by Gasteiger charge is -2.25. The Kier molecular flexibility index (Phi) is 8.64. The number of halogens is 7. The minimum Gasteiger partial charge on any atom is -0.334 e. The first kappa shape index (κ1) is 28.3. The molecule has 3 aromatic rings. The minimum absolute atomic E-state index is 0.0465. The molecular weight excluding hydrogens is 537 g/mol. The molecule has 0 aliphatic rings. The number of nitrogens with zero attached hydrogens (tertiary/aromatic N) is 1. The molecule has 3 rings (SSSR count). The van der Waals surface area contributed by atoms with Gasteiger partial charge in [0.25, 0.3) is 5.91 Å². The van der Waals surface area contributed by atoms with Gasteiger partial charge in [-0.15, -0.1) is 0 Å². The Balaban J connectivity index is 1.97. The van der Waals surface area contributed by atoms with Crippen LogP contribution in [0.3, 0.4) is 0 Å². The highest BCUT2D eigenvalue weighted by Gasteiger charge is 2.34. The zero-order chi connectivity index (χ0) is 26.8. The van der Waals surface area contributed by atoms with Crippen LogP contribution in [0.15, 0.2) is 54.6 Å². The highest BCUT2D eigenvalue weighted by molar-refractivity contribution is 6.34. The maximum absolute atomic E-state index is 14.8. The van der Waals surface area contributed by atoms with Crippen LogP contribution in [-0.2, 0) is 24.6 Å². The number of alkyl halides is 3. The third-order valence-electron chi connectivity index (χ3n) is 5.66. The summed E-state index contributed by atoms with van der Waals surface area (Å²) >= 11 is 17.9. The largest absolute Gasteiger partial charge is 0.416 e. The summed E-state index contributed by atoms with van der Waals surface area (Å²) in [5.41, 5.74) is 0.500. The molecule has 0 atom stereocenters. The van der Waals surface area contributed by atoms with Gasteiger partial charge in [-0.05, 0) is 58.9 Å². The molecule has 0 saturated carbocycles. The summed E-state index contributed by atoms with van der Waals surface area (Å²) in [6.45, 7) is 6.31. The lowest BCUT2D eigenvalue weighted by molar-refractivity contribution is -0.137. The van der Waals surface area contributed by atoms with Gasteiger partial charge in [-0.2, -0.15) is 13.2 Å². The Labute approximate surface area is 222 Å². The molecule has 0 aliphatic heterocycles. The Morgan fingerprint density at radius 3 is 1.94 bits per heavy atom. The lowest BCUT2D eigenvalue weighted by Crippen LogP contribution is -2.33. The molecule has 0 unspecified atom stereocenters. The first-order chi connectivity index (χ1) is 16.6. The average molecular weight is 561 g/mol. The summed E-state index contributed by atoms with van der Waals surface area (Å²) < 4.78 is 54.8. The predicted octanol–water partition coefficient (Wildman–Crippen LogP) is 8.99. The number of hydrogen-bond acceptors (Lipinski definition) is 1. The van der Waals surface area contributed by atoms with Crippen molar-refractivity contribution < 1.29 is 22.4 Å². The molecule has 9 heteroatoms. The van der Waals surface area contributed by atoms with Crippen LogP contribution >= 0.6 is 34.8 Å². The maximum Gasteiger partial charge on any atom is 0.416 e. The molecular formula is C27H24Cl3F4NO. The fourth-order valence-electron chi connectivity index (χ4n) is 3.68. The molecule has 1 amide bonds. The van der Waals surface area contributed by atoms with E-state index in [1.807, 2.05) is 24.3 Å². The van der Waals surface area contributed by atoms with Gasteiger partial charge < -0.3 is 4.90 Å². The van der Waals surface area contributed by atoms with Crippen molar-refractivity contribution in [2.24, 2.45) is 0 Å². The molecule has 0 spiro atoms. The van der Waals surface area contributed by atoms with Crippen molar-refractivity contribution in [2.75, 3.05) is 6.54 Å². The van der Waals surface area contributed by atoms with E-state index in [4.69, 9.17) is 34.8 Å². The second-order valence-electron chi connectivity index (χ2n) is 9.52. The van der Waals surface area contributed by atoms with Gasteiger partial charge in [0.2, 0.25) is 0 Å². The van der Waals surface area contributed by atoms with Crippen molar-refractivity contribution in [1.82, 2.24) is 4.90 Å². The van der Waals surface area contributed by atoms with E-state index < -0.39 is 34.1 Å². The van der Waals surface area contributed by atoms with Crippen molar-refractivity contribution >= 4 is 40.7 Å². The molecule has 0 heterocycles. The number of carbonyl (C=O) groups is 1. The van der Waals surface area contributed by atoms with E-state index in [-0.39, 0.29) is 18.5 Å². The molecule has 0 aliphatic carbocycles. The van der Waals surface area contributed by atoms with Crippen LogP contribution in [0.4, 0.5) is 17.6 Å². The van der Waals surface area contributed by atoms with Gasteiger partial charge in [-0.25, -0.2) is 4.39 Å². The van der Waals surface area contributed by atoms with E-state index in [1.54, 1.807) is 18.2 Å². The van der Waals surface area contributed by atoms with Gasteiger partial charge in [0, 0.05) is 23.1 Å². The normalized spacial score (nSPS) is 12.1. The molecule has 0 saturated heterocycles. The number of rotatable bonds is 6. The van der Waals surface area contributed by atoms with Gasteiger partial charge in [-0.1, -0.05) is 79.8 Å². The smallest absolute Gasteiger partial charge is 0.334 e. The van der Waals surface area contributed by atoms with Gasteiger partial charge in [0.15, 0.2) is 5.82 Å². The Hall–Kier alpha value is -2.28. The lowest BCUT2D eigenvalue weighted by atomic mass is 9.87. The Bertz CT molecular complexity index is 1230. The van der Waals surface area contributed by atoms with Crippen molar-refractivity contribution in [1.29, 1.82) is 0 Å². The second kappa shape index (κ2) is 11.0. The summed E-state index contributed by atoms with van der Waals surface area (Å²) in [7, 11) is 0. The second-order valence-corrected chi connectivity index (χ2v) is 10.8.